The maximum atomic E-state index is 9.90. The maximum Gasteiger partial charge on any atom is 0.232 e. The van der Waals surface area contributed by atoms with Gasteiger partial charge in [-0.3, -0.25) is 0 Å². The summed E-state index contributed by atoms with van der Waals surface area (Å²) >= 11 is 7.07. The van der Waals surface area contributed by atoms with E-state index in [9.17, 15) is 10.4 Å². The average Bonchev–Trinajstić information content (AvgIpc) is 4.00. The van der Waals surface area contributed by atoms with Crippen molar-refractivity contribution in [2.75, 3.05) is 26.2 Å². The van der Waals surface area contributed by atoms with Gasteiger partial charge < -0.3 is 34.1 Å². The van der Waals surface area contributed by atoms with Gasteiger partial charge >= 0.3 is 0 Å². The van der Waals surface area contributed by atoms with E-state index in [0.717, 1.165) is 99.7 Å². The van der Waals surface area contributed by atoms with Crippen LogP contribution < -0.4 is 19.5 Å². The Bertz CT molecular complexity index is 3010. The number of nitrogens with zero attached hydrogens (tertiary/aromatic N) is 6. The first kappa shape index (κ1) is 48.7. The van der Waals surface area contributed by atoms with E-state index in [-0.39, 0.29) is 25.1 Å². The summed E-state index contributed by atoms with van der Waals surface area (Å²) in [5, 5.41) is 23.2. The molecule has 0 aliphatic carbocycles. The van der Waals surface area contributed by atoms with E-state index in [2.05, 4.69) is 143 Å². The van der Waals surface area contributed by atoms with Gasteiger partial charge in [-0.05, 0) is 96.3 Å². The molecule has 1 aliphatic rings. The van der Waals surface area contributed by atoms with Gasteiger partial charge in [0.1, 0.15) is 42.1 Å². The zero-order chi connectivity index (χ0) is 49.2. The van der Waals surface area contributed by atoms with Crippen LogP contribution in [-0.2, 0) is 31.8 Å². The fourth-order valence-electron chi connectivity index (χ4n) is 9.70. The van der Waals surface area contributed by atoms with Crippen molar-refractivity contribution in [3.8, 4) is 34.4 Å². The van der Waals surface area contributed by atoms with Crippen LogP contribution in [0.3, 0.4) is 0 Å². The Morgan fingerprint density at radius 2 is 1.38 bits per heavy atom. The minimum Gasteiger partial charge on any atom is -0.493 e. The number of ether oxygens (including phenoxy) is 3. The summed E-state index contributed by atoms with van der Waals surface area (Å²) in [5.74, 6) is 2.05. The number of aliphatic hydroxyl groups is 1. The van der Waals surface area contributed by atoms with Gasteiger partial charge in [-0.15, -0.1) is 0 Å². The van der Waals surface area contributed by atoms with Crippen molar-refractivity contribution in [1.29, 1.82) is 5.26 Å². The first-order valence-corrected chi connectivity index (χ1v) is 24.5. The molecule has 0 amide bonds. The molecule has 9 rings (SSSR count). The molecule has 1 aliphatic heterocycles. The van der Waals surface area contributed by atoms with E-state index in [4.69, 9.17) is 30.8 Å². The second kappa shape index (κ2) is 22.6. The molecule has 1 atom stereocenters. The number of imidazole rings is 1. The highest BCUT2D eigenvalue weighted by molar-refractivity contribution is 6.32. The Morgan fingerprint density at radius 1 is 0.718 bits per heavy atom. The topological polar surface area (TPSA) is 131 Å². The molecule has 71 heavy (non-hydrogen) atoms. The van der Waals surface area contributed by atoms with Crippen molar-refractivity contribution in [2.45, 2.75) is 71.6 Å². The minimum absolute atomic E-state index is 0.115. The highest BCUT2D eigenvalue weighted by Crippen LogP contribution is 2.42. The van der Waals surface area contributed by atoms with Crippen molar-refractivity contribution < 1.29 is 19.3 Å². The highest BCUT2D eigenvalue weighted by atomic mass is 35.5. The van der Waals surface area contributed by atoms with Crippen LogP contribution in [-0.4, -0.2) is 61.9 Å². The summed E-state index contributed by atoms with van der Waals surface area (Å²) in [7, 11) is 0. The van der Waals surface area contributed by atoms with Gasteiger partial charge in [0.15, 0.2) is 0 Å². The SMILES string of the molecule is Cc1c(COc2cc(OCc3ncn(C(c4ccccc4)(c4ccccc4)c4ccccc4)c3C)c(CNCc3ccnc(C#N)n3)cc2Cl)cccc1-c1cccc(OCCCN2CCC(O)C2)c1C. The molecule has 8 aromatic rings. The molecule has 1 fully saturated rings. The number of nitrogens with one attached hydrogen (secondary N) is 1. The normalized spacial score (nSPS) is 13.8. The van der Waals surface area contributed by atoms with Crippen LogP contribution in [0, 0.1) is 32.1 Å². The van der Waals surface area contributed by atoms with Gasteiger partial charge in [0.25, 0.3) is 0 Å². The number of aromatic nitrogens is 4. The first-order chi connectivity index (χ1) is 34.7. The predicted molar refractivity (Wildman–Crippen MR) is 278 cm³/mol. The fourth-order valence-corrected chi connectivity index (χ4v) is 9.94. The van der Waals surface area contributed by atoms with Gasteiger partial charge in [0, 0.05) is 56.2 Å². The van der Waals surface area contributed by atoms with Crippen molar-refractivity contribution in [3.63, 3.8) is 0 Å². The summed E-state index contributed by atoms with van der Waals surface area (Å²) in [6, 6.07) is 51.7. The third kappa shape index (κ3) is 10.9. The number of nitriles is 1. The zero-order valence-corrected chi connectivity index (χ0v) is 41.1. The third-order valence-electron chi connectivity index (χ3n) is 13.5. The van der Waals surface area contributed by atoms with E-state index in [1.165, 1.54) is 0 Å². The average molecular weight is 965 g/mol. The number of hydrogen-bond donors (Lipinski definition) is 2. The van der Waals surface area contributed by atoms with Crippen molar-refractivity contribution >= 4 is 11.6 Å². The molecular weight excluding hydrogens is 906 g/mol. The standard InChI is InChI=1S/C59H58ClN7O4/c1-41-44(16-13-23-51(41)52-24-14-25-55(42(52)2)69-31-15-29-66-30-27-50(68)37-66)38-70-57-33-56(45(32-53(57)60)35-62-36-49-26-28-63-58(34-61)65-49)71-39-54-43(3)67(40-64-54)59(46-17-7-4-8-18-46,47-19-9-5-10-20-47)48-21-11-6-12-22-48/h4-14,16-26,28,32-33,40,50,62,68H,15,27,29-31,35-39H2,1-3H3. The van der Waals surface area contributed by atoms with Crippen molar-refractivity contribution in [3.05, 3.63) is 225 Å². The van der Waals surface area contributed by atoms with Crippen molar-refractivity contribution in [2.24, 2.45) is 0 Å². The van der Waals surface area contributed by atoms with Gasteiger partial charge in [-0.25, -0.2) is 15.0 Å². The molecule has 0 spiro atoms. The van der Waals surface area contributed by atoms with Crippen LogP contribution in [0.15, 0.2) is 158 Å². The number of hydrogen-bond acceptors (Lipinski definition) is 10. The smallest absolute Gasteiger partial charge is 0.232 e. The second-order valence-corrected chi connectivity index (χ2v) is 18.4. The van der Waals surface area contributed by atoms with E-state index in [0.29, 0.717) is 41.9 Å². The number of halogens is 1. The van der Waals surface area contributed by atoms with Crippen LogP contribution in [0.4, 0.5) is 0 Å². The summed E-state index contributed by atoms with van der Waals surface area (Å²) in [4.78, 5) is 15.7. The molecule has 0 saturated carbocycles. The molecular formula is C59H58ClN7O4. The van der Waals surface area contributed by atoms with Crippen LogP contribution in [0.1, 0.15) is 74.7 Å². The number of rotatable bonds is 20. The van der Waals surface area contributed by atoms with Gasteiger partial charge in [0.05, 0.1) is 35.4 Å². The summed E-state index contributed by atoms with van der Waals surface area (Å²) < 4.78 is 21.9. The first-order valence-electron chi connectivity index (χ1n) is 24.1. The summed E-state index contributed by atoms with van der Waals surface area (Å²) in [6.07, 6.45) is 5.02. The lowest BCUT2D eigenvalue weighted by molar-refractivity contribution is 0.173. The third-order valence-corrected chi connectivity index (χ3v) is 13.8. The van der Waals surface area contributed by atoms with Crippen LogP contribution in [0.2, 0.25) is 5.02 Å². The Balaban J connectivity index is 0.978. The van der Waals surface area contributed by atoms with Crippen LogP contribution in [0.25, 0.3) is 11.1 Å². The lowest BCUT2D eigenvalue weighted by Crippen LogP contribution is -2.38. The Labute approximate surface area is 421 Å². The predicted octanol–water partition coefficient (Wildman–Crippen LogP) is 10.9. The molecule has 11 nitrogen and oxygen atoms in total. The Morgan fingerprint density at radius 3 is 2.04 bits per heavy atom. The minimum atomic E-state index is -0.730. The van der Waals surface area contributed by atoms with E-state index in [1.54, 1.807) is 12.3 Å². The molecule has 1 unspecified atom stereocenters. The lowest BCUT2D eigenvalue weighted by atomic mass is 9.76. The molecule has 2 N–H and O–H groups in total. The molecule has 3 heterocycles. The van der Waals surface area contributed by atoms with Gasteiger partial charge in [-0.1, -0.05) is 133 Å². The molecule has 12 heteroatoms. The van der Waals surface area contributed by atoms with E-state index >= 15 is 0 Å². The largest absolute Gasteiger partial charge is 0.493 e. The van der Waals surface area contributed by atoms with Crippen LogP contribution in [0.5, 0.6) is 17.2 Å². The molecule has 360 valence electrons. The lowest BCUT2D eigenvalue weighted by Gasteiger charge is -2.38. The van der Waals surface area contributed by atoms with E-state index in [1.807, 2.05) is 54.9 Å². The monoisotopic (exact) mass is 963 g/mol. The quantitative estimate of drug-likeness (QED) is 0.0562. The molecule has 0 radical (unpaired) electrons. The zero-order valence-electron chi connectivity index (χ0n) is 40.4. The fraction of sp³-hybridized carbons (Fsp3) is 0.254. The summed E-state index contributed by atoms with van der Waals surface area (Å²) in [5.41, 5.74) is 11.2. The highest BCUT2D eigenvalue weighted by Gasteiger charge is 2.39. The molecule has 0 bridgehead atoms. The molecule has 2 aromatic heterocycles. The van der Waals surface area contributed by atoms with E-state index < -0.39 is 5.54 Å². The number of aliphatic hydroxyl groups excluding tert-OH is 1. The second-order valence-electron chi connectivity index (χ2n) is 18.0. The van der Waals surface area contributed by atoms with Crippen molar-refractivity contribution in [1.82, 2.24) is 29.7 Å². The molecule has 6 aromatic carbocycles. The Hall–Kier alpha value is -7.33. The summed E-state index contributed by atoms with van der Waals surface area (Å²) in [6.45, 7) is 10.7. The van der Waals surface area contributed by atoms with Gasteiger partial charge in [-0.2, -0.15) is 5.26 Å². The van der Waals surface area contributed by atoms with Gasteiger partial charge in [0.2, 0.25) is 5.82 Å². The van der Waals surface area contributed by atoms with Crippen LogP contribution >= 0.6 is 11.6 Å². The molecule has 1 saturated heterocycles. The maximum absolute atomic E-state index is 9.90. The number of likely N-dealkylation sites (tertiary alicyclic amines) is 1. The number of β-amino-alcohol motifs (C(OH)–C–C–N with tert-alkyl or cyclic N) is 1. The number of benzene rings is 6. The Kier molecular flexibility index (Phi) is 15.5.